The molecule has 6 nitrogen and oxygen atoms in total. The fourth-order valence-electron chi connectivity index (χ4n) is 5.15. The normalized spacial score (nSPS) is 19.6. The second kappa shape index (κ2) is 8.64. The van der Waals surface area contributed by atoms with Gasteiger partial charge in [-0.3, -0.25) is 14.5 Å². The number of nitrogens with one attached hydrogen (secondary N) is 1. The lowest BCUT2D eigenvalue weighted by Crippen LogP contribution is -2.45. The summed E-state index contributed by atoms with van der Waals surface area (Å²) in [5, 5.41) is 0. The highest BCUT2D eigenvalue weighted by Gasteiger charge is 2.48. The van der Waals surface area contributed by atoms with Gasteiger partial charge in [-0.1, -0.05) is 54.1 Å². The lowest BCUT2D eigenvalue weighted by molar-refractivity contribution is -0.126. The number of amides is 1. The SMILES string of the molecule is Cc1cc(C)c(CN2C(C(=O)NS(=O)(=O)C3=CC=CCC3=O)c3ccccc3C2(C)C)c(C)c1. The zero-order chi connectivity index (χ0) is 24.8. The maximum atomic E-state index is 13.6. The number of rotatable bonds is 5. The highest BCUT2D eigenvalue weighted by molar-refractivity contribution is 7.94. The van der Waals surface area contributed by atoms with E-state index in [1.165, 1.54) is 17.7 Å². The van der Waals surface area contributed by atoms with Crippen molar-refractivity contribution in [2.45, 2.75) is 59.2 Å². The Balaban J connectivity index is 1.75. The van der Waals surface area contributed by atoms with Gasteiger partial charge in [-0.05, 0) is 68.5 Å². The van der Waals surface area contributed by atoms with E-state index >= 15 is 0 Å². The number of nitrogens with zero attached hydrogens (tertiary/aromatic N) is 1. The van der Waals surface area contributed by atoms with E-state index in [9.17, 15) is 18.0 Å². The van der Waals surface area contributed by atoms with Gasteiger partial charge in [0.25, 0.3) is 15.9 Å². The van der Waals surface area contributed by atoms with Crippen molar-refractivity contribution in [1.82, 2.24) is 9.62 Å². The van der Waals surface area contributed by atoms with Crippen molar-refractivity contribution < 1.29 is 18.0 Å². The van der Waals surface area contributed by atoms with Gasteiger partial charge in [0.15, 0.2) is 5.78 Å². The molecule has 0 saturated carbocycles. The van der Waals surface area contributed by atoms with Gasteiger partial charge in [0.05, 0.1) is 0 Å². The predicted octanol–water partition coefficient (Wildman–Crippen LogP) is 4.26. The van der Waals surface area contributed by atoms with Crippen LogP contribution in [0.2, 0.25) is 0 Å². The van der Waals surface area contributed by atoms with E-state index in [-0.39, 0.29) is 11.3 Å². The number of carbonyl (C=O) groups is 2. The van der Waals surface area contributed by atoms with Gasteiger partial charge in [-0.25, -0.2) is 13.1 Å². The van der Waals surface area contributed by atoms with Gasteiger partial charge >= 0.3 is 0 Å². The zero-order valence-corrected chi connectivity index (χ0v) is 21.0. The molecule has 1 N–H and O–H groups in total. The molecule has 178 valence electrons. The molecule has 1 atom stereocenters. The molecule has 1 aliphatic heterocycles. The number of fused-ring (bicyclic) bond motifs is 1. The van der Waals surface area contributed by atoms with Crippen molar-refractivity contribution in [2.24, 2.45) is 0 Å². The second-order valence-corrected chi connectivity index (χ2v) is 11.3. The van der Waals surface area contributed by atoms with Crippen LogP contribution in [0.25, 0.3) is 0 Å². The van der Waals surface area contributed by atoms with Crippen LogP contribution >= 0.6 is 0 Å². The number of ketones is 1. The third kappa shape index (κ3) is 4.14. The summed E-state index contributed by atoms with van der Waals surface area (Å²) in [5.74, 6) is -1.19. The third-order valence-corrected chi connectivity index (χ3v) is 8.26. The number of allylic oxidation sites excluding steroid dienone is 4. The molecule has 0 bridgehead atoms. The maximum absolute atomic E-state index is 13.6. The minimum atomic E-state index is -4.29. The molecule has 4 rings (SSSR count). The first-order chi connectivity index (χ1) is 15.9. The van der Waals surface area contributed by atoms with Gasteiger partial charge in [0.1, 0.15) is 10.9 Å². The molecular weight excluding hydrogens is 448 g/mol. The van der Waals surface area contributed by atoms with Gasteiger partial charge in [0, 0.05) is 18.5 Å². The van der Waals surface area contributed by atoms with Crippen LogP contribution in [0.3, 0.4) is 0 Å². The number of carbonyl (C=O) groups excluding carboxylic acids is 2. The summed E-state index contributed by atoms with van der Waals surface area (Å²) >= 11 is 0. The second-order valence-electron chi connectivity index (χ2n) is 9.61. The van der Waals surface area contributed by atoms with Gasteiger partial charge in [0.2, 0.25) is 0 Å². The number of hydrogen-bond donors (Lipinski definition) is 1. The Hall–Kier alpha value is -3.03. The summed E-state index contributed by atoms with van der Waals surface area (Å²) in [7, 11) is -4.29. The molecule has 0 spiro atoms. The first kappa shape index (κ1) is 24.1. The summed E-state index contributed by atoms with van der Waals surface area (Å²) in [6.45, 7) is 10.7. The average molecular weight is 479 g/mol. The van der Waals surface area contributed by atoms with Crippen molar-refractivity contribution in [1.29, 1.82) is 0 Å². The van der Waals surface area contributed by atoms with E-state index in [0.29, 0.717) is 6.54 Å². The maximum Gasteiger partial charge on any atom is 0.267 e. The Bertz CT molecular complexity index is 1330. The van der Waals surface area contributed by atoms with Crippen LogP contribution in [0, 0.1) is 20.8 Å². The highest BCUT2D eigenvalue weighted by Crippen LogP contribution is 2.47. The van der Waals surface area contributed by atoms with Crippen molar-refractivity contribution >= 4 is 21.7 Å². The van der Waals surface area contributed by atoms with E-state index in [1.54, 1.807) is 6.08 Å². The molecule has 1 heterocycles. The lowest BCUT2D eigenvalue weighted by atomic mass is 9.92. The summed E-state index contributed by atoms with van der Waals surface area (Å²) in [6.07, 6.45) is 4.35. The largest absolute Gasteiger partial charge is 0.293 e. The fourth-order valence-corrected chi connectivity index (χ4v) is 6.27. The zero-order valence-electron chi connectivity index (χ0n) is 20.2. The number of aryl methyl sites for hydroxylation is 3. The molecule has 0 fully saturated rings. The summed E-state index contributed by atoms with van der Waals surface area (Å²) < 4.78 is 28.1. The molecular formula is C27H30N2O4S. The predicted molar refractivity (Wildman–Crippen MR) is 132 cm³/mol. The number of hydrogen-bond acceptors (Lipinski definition) is 5. The summed E-state index contributed by atoms with van der Waals surface area (Å²) in [6, 6.07) is 11.0. The molecule has 2 aromatic rings. The van der Waals surface area contributed by atoms with Crippen LogP contribution in [0.4, 0.5) is 0 Å². The van der Waals surface area contributed by atoms with Crippen LogP contribution in [0.5, 0.6) is 0 Å². The summed E-state index contributed by atoms with van der Waals surface area (Å²) in [5.41, 5.74) is 5.76. The quantitative estimate of drug-likeness (QED) is 0.694. The molecule has 1 amide bonds. The summed E-state index contributed by atoms with van der Waals surface area (Å²) in [4.78, 5) is 27.5. The van der Waals surface area contributed by atoms with Gasteiger partial charge in [-0.2, -0.15) is 0 Å². The Morgan fingerprint density at radius 3 is 2.41 bits per heavy atom. The number of sulfonamides is 1. The topological polar surface area (TPSA) is 83.6 Å². The molecule has 0 saturated heterocycles. The Morgan fingerprint density at radius 1 is 1.12 bits per heavy atom. The van der Waals surface area contributed by atoms with E-state index < -0.39 is 33.3 Å². The van der Waals surface area contributed by atoms with Gasteiger partial charge in [-0.15, -0.1) is 0 Å². The van der Waals surface area contributed by atoms with Crippen LogP contribution < -0.4 is 4.72 Å². The molecule has 2 aromatic carbocycles. The molecule has 34 heavy (non-hydrogen) atoms. The first-order valence-corrected chi connectivity index (χ1v) is 12.8. The van der Waals surface area contributed by atoms with Crippen LogP contribution in [-0.2, 0) is 31.7 Å². The fraction of sp³-hybridized carbons (Fsp3) is 0.333. The number of benzene rings is 2. The lowest BCUT2D eigenvalue weighted by Gasteiger charge is -2.36. The highest BCUT2D eigenvalue weighted by atomic mass is 32.2. The molecule has 1 unspecified atom stereocenters. The Labute approximate surface area is 201 Å². The monoisotopic (exact) mass is 478 g/mol. The smallest absolute Gasteiger partial charge is 0.267 e. The molecule has 2 aliphatic rings. The molecule has 7 heteroatoms. The first-order valence-electron chi connectivity index (χ1n) is 11.3. The number of Topliss-reactive ketones (excluding diaryl/α,β-unsaturated/α-hetero) is 1. The van der Waals surface area contributed by atoms with E-state index in [1.807, 2.05) is 43.0 Å². The van der Waals surface area contributed by atoms with Crippen LogP contribution in [-0.4, -0.2) is 25.0 Å². The minimum absolute atomic E-state index is 0.00166. The van der Waals surface area contributed by atoms with Gasteiger partial charge < -0.3 is 0 Å². The van der Waals surface area contributed by atoms with Crippen molar-refractivity contribution in [2.75, 3.05) is 0 Å². The third-order valence-electron chi connectivity index (χ3n) is 6.85. The van der Waals surface area contributed by atoms with Crippen LogP contribution in [0.15, 0.2) is 59.5 Å². The van der Waals surface area contributed by atoms with Crippen LogP contribution in [0.1, 0.15) is 59.7 Å². The standard InChI is InChI=1S/C27H30N2O4S/c1-17-14-18(2)21(19(3)15-17)16-29-25(20-10-6-7-11-22(20)27(29,4)5)26(31)28-34(32,33)24-13-9-8-12-23(24)30/h6-11,13-15,25H,12,16H2,1-5H3,(H,28,31). The Kier molecular flexibility index (Phi) is 6.12. The average Bonchev–Trinajstić information content (AvgIpc) is 2.97. The molecule has 0 radical (unpaired) electrons. The van der Waals surface area contributed by atoms with Crippen molar-refractivity contribution in [3.8, 4) is 0 Å². The van der Waals surface area contributed by atoms with Crippen molar-refractivity contribution in [3.63, 3.8) is 0 Å². The van der Waals surface area contributed by atoms with E-state index in [0.717, 1.165) is 27.8 Å². The van der Waals surface area contributed by atoms with E-state index in [4.69, 9.17) is 0 Å². The minimum Gasteiger partial charge on any atom is -0.293 e. The molecule has 0 aromatic heterocycles. The van der Waals surface area contributed by atoms with E-state index in [2.05, 4.69) is 37.6 Å². The Morgan fingerprint density at radius 2 is 1.76 bits per heavy atom. The molecule has 1 aliphatic carbocycles. The van der Waals surface area contributed by atoms with Crippen molar-refractivity contribution in [3.05, 3.63) is 92.9 Å².